The molecule has 0 fully saturated rings. The second kappa shape index (κ2) is 6.47. The Hall–Kier alpha value is -2.25. The highest BCUT2D eigenvalue weighted by atomic mass is 35.5. The van der Waals surface area contributed by atoms with Crippen LogP contribution in [0.3, 0.4) is 0 Å². The molecule has 118 valence electrons. The fourth-order valence-corrected chi connectivity index (χ4v) is 2.99. The van der Waals surface area contributed by atoms with Crippen LogP contribution < -0.4 is 5.32 Å². The Morgan fingerprint density at radius 2 is 2.22 bits per heavy atom. The van der Waals surface area contributed by atoms with E-state index in [2.05, 4.69) is 15.5 Å². The second-order valence-electron chi connectivity index (χ2n) is 4.78. The van der Waals surface area contributed by atoms with Gasteiger partial charge in [0.05, 0.1) is 15.6 Å². The lowest BCUT2D eigenvalue weighted by atomic mass is 10.3. The molecule has 0 spiro atoms. The fourth-order valence-electron chi connectivity index (χ4n) is 1.93. The van der Waals surface area contributed by atoms with E-state index in [4.69, 9.17) is 16.0 Å². The summed E-state index contributed by atoms with van der Waals surface area (Å²) in [5.74, 6) is -0.263. The first-order valence-corrected chi connectivity index (χ1v) is 7.90. The number of aryl methyl sites for hydroxylation is 1. The average Bonchev–Trinajstić information content (AvgIpc) is 3.10. The molecule has 0 aliphatic carbocycles. The number of amides is 1. The van der Waals surface area contributed by atoms with Gasteiger partial charge in [-0.05, 0) is 42.1 Å². The number of hydrogen-bond donors (Lipinski definition) is 1. The lowest BCUT2D eigenvalue weighted by Crippen LogP contribution is -2.15. The van der Waals surface area contributed by atoms with Crippen molar-refractivity contribution in [2.75, 3.05) is 5.32 Å². The summed E-state index contributed by atoms with van der Waals surface area (Å²) in [5, 5.41) is 12.4. The molecular weight excluding hydrogens is 341 g/mol. The molecule has 1 aromatic carbocycles. The first-order chi connectivity index (χ1) is 11.0. The highest BCUT2D eigenvalue weighted by Crippen LogP contribution is 2.28. The Morgan fingerprint density at radius 3 is 2.91 bits per heavy atom. The molecule has 8 heteroatoms. The first-order valence-electron chi connectivity index (χ1n) is 6.64. The number of thiophene rings is 1. The molecule has 0 aliphatic heterocycles. The summed E-state index contributed by atoms with van der Waals surface area (Å²) in [4.78, 5) is 12.9. The minimum atomic E-state index is -0.471. The van der Waals surface area contributed by atoms with Crippen LogP contribution in [-0.2, 0) is 11.2 Å². The molecule has 0 bridgehead atoms. The van der Waals surface area contributed by atoms with E-state index in [1.54, 1.807) is 0 Å². The minimum Gasteiger partial charge on any atom is -0.419 e. The van der Waals surface area contributed by atoms with Crippen LogP contribution in [0.1, 0.15) is 11.5 Å². The largest absolute Gasteiger partial charge is 0.419 e. The van der Waals surface area contributed by atoms with E-state index >= 15 is 0 Å². The number of rotatable bonds is 4. The van der Waals surface area contributed by atoms with E-state index in [1.807, 2.05) is 18.4 Å². The number of carbonyl (C=O) groups is 1. The van der Waals surface area contributed by atoms with Crippen LogP contribution in [-0.4, -0.2) is 16.1 Å². The van der Waals surface area contributed by atoms with Gasteiger partial charge in [-0.1, -0.05) is 11.6 Å². The fraction of sp³-hybridized carbons (Fsp3) is 0.133. The Balaban J connectivity index is 1.69. The van der Waals surface area contributed by atoms with Crippen LogP contribution in [0.25, 0.3) is 10.8 Å². The number of carbonyl (C=O) groups excluding carboxylic acids is 1. The number of nitrogens with one attached hydrogen (secondary N) is 1. The predicted octanol–water partition coefficient (Wildman–Crippen LogP) is 4.08. The number of benzene rings is 1. The van der Waals surface area contributed by atoms with Crippen LogP contribution in [0, 0.1) is 12.7 Å². The highest BCUT2D eigenvalue weighted by molar-refractivity contribution is 7.13. The molecule has 0 radical (unpaired) electrons. The van der Waals surface area contributed by atoms with Gasteiger partial charge in [0, 0.05) is 0 Å². The van der Waals surface area contributed by atoms with Crippen molar-refractivity contribution in [3.8, 4) is 10.8 Å². The van der Waals surface area contributed by atoms with Crippen molar-refractivity contribution in [3.05, 3.63) is 51.9 Å². The van der Waals surface area contributed by atoms with Gasteiger partial charge in [-0.2, -0.15) is 0 Å². The molecule has 5 nitrogen and oxygen atoms in total. The minimum absolute atomic E-state index is 0.0921. The molecule has 3 aromatic rings. The number of anilines is 1. The molecule has 1 N–H and O–H groups in total. The van der Waals surface area contributed by atoms with E-state index < -0.39 is 5.82 Å². The third-order valence-electron chi connectivity index (χ3n) is 3.04. The molecule has 0 unspecified atom stereocenters. The maximum Gasteiger partial charge on any atom is 0.258 e. The Labute approximate surface area is 140 Å². The number of halogens is 2. The quantitative estimate of drug-likeness (QED) is 0.769. The van der Waals surface area contributed by atoms with E-state index in [0.717, 1.165) is 16.5 Å². The van der Waals surface area contributed by atoms with Crippen LogP contribution in [0.4, 0.5) is 10.1 Å². The van der Waals surface area contributed by atoms with Gasteiger partial charge in [-0.25, -0.2) is 4.39 Å². The van der Waals surface area contributed by atoms with Gasteiger partial charge in [0.1, 0.15) is 12.2 Å². The summed E-state index contributed by atoms with van der Waals surface area (Å²) >= 11 is 7.35. The van der Waals surface area contributed by atoms with Crippen molar-refractivity contribution in [1.29, 1.82) is 0 Å². The topological polar surface area (TPSA) is 68.0 Å². The van der Waals surface area contributed by atoms with Crippen molar-refractivity contribution in [1.82, 2.24) is 10.2 Å². The van der Waals surface area contributed by atoms with Gasteiger partial charge in [0.25, 0.3) is 5.89 Å². The molecule has 2 heterocycles. The number of hydrogen-bond acceptors (Lipinski definition) is 5. The molecule has 0 aliphatic rings. The Morgan fingerprint density at radius 1 is 1.39 bits per heavy atom. The Bertz CT molecular complexity index is 862. The van der Waals surface area contributed by atoms with E-state index in [9.17, 15) is 9.18 Å². The van der Waals surface area contributed by atoms with Crippen molar-refractivity contribution >= 4 is 34.5 Å². The summed E-state index contributed by atoms with van der Waals surface area (Å²) in [6, 6.07) is 5.68. The number of aromatic nitrogens is 2. The maximum atomic E-state index is 13.0. The zero-order chi connectivity index (χ0) is 16.4. The van der Waals surface area contributed by atoms with Crippen LogP contribution >= 0.6 is 22.9 Å². The zero-order valence-corrected chi connectivity index (χ0v) is 13.5. The van der Waals surface area contributed by atoms with Crippen molar-refractivity contribution in [2.24, 2.45) is 0 Å². The average molecular weight is 352 g/mol. The zero-order valence-electron chi connectivity index (χ0n) is 12.0. The normalized spacial score (nSPS) is 10.7. The monoisotopic (exact) mass is 351 g/mol. The third kappa shape index (κ3) is 3.57. The van der Waals surface area contributed by atoms with E-state index in [0.29, 0.717) is 11.6 Å². The van der Waals surface area contributed by atoms with Crippen molar-refractivity contribution in [3.63, 3.8) is 0 Å². The number of nitrogens with zero attached hydrogens (tertiary/aromatic N) is 2. The molecule has 23 heavy (non-hydrogen) atoms. The van der Waals surface area contributed by atoms with Gasteiger partial charge in [-0.3, -0.25) is 4.79 Å². The standard InChI is InChI=1S/C15H11ClFN3O2S/c1-8-4-5-23-14(8)15-20-19-13(22-15)7-12(21)18-11-3-2-9(17)6-10(11)16/h2-6H,7H2,1H3,(H,18,21). The molecule has 3 rings (SSSR count). The third-order valence-corrected chi connectivity index (χ3v) is 4.36. The van der Waals surface area contributed by atoms with Gasteiger partial charge >= 0.3 is 0 Å². The second-order valence-corrected chi connectivity index (χ2v) is 6.11. The van der Waals surface area contributed by atoms with Gasteiger partial charge in [0.2, 0.25) is 11.8 Å². The summed E-state index contributed by atoms with van der Waals surface area (Å²) in [6.07, 6.45) is -0.0921. The summed E-state index contributed by atoms with van der Waals surface area (Å²) < 4.78 is 18.5. The SMILES string of the molecule is Cc1ccsc1-c1nnc(CC(=O)Nc2ccc(F)cc2Cl)o1. The molecule has 0 saturated heterocycles. The van der Waals surface area contributed by atoms with Crippen molar-refractivity contribution in [2.45, 2.75) is 13.3 Å². The Kier molecular flexibility index (Phi) is 4.40. The summed E-state index contributed by atoms with van der Waals surface area (Å²) in [6.45, 7) is 1.94. The molecule has 0 saturated carbocycles. The predicted molar refractivity (Wildman–Crippen MR) is 86.1 cm³/mol. The van der Waals surface area contributed by atoms with E-state index in [-0.39, 0.29) is 23.2 Å². The highest BCUT2D eigenvalue weighted by Gasteiger charge is 2.15. The van der Waals surface area contributed by atoms with Gasteiger partial charge in [-0.15, -0.1) is 21.5 Å². The van der Waals surface area contributed by atoms with Crippen LogP contribution in [0.15, 0.2) is 34.1 Å². The first kappa shape index (κ1) is 15.6. The maximum absolute atomic E-state index is 13.0. The van der Waals surface area contributed by atoms with Gasteiger partial charge < -0.3 is 9.73 Å². The molecule has 2 aromatic heterocycles. The van der Waals surface area contributed by atoms with E-state index in [1.165, 1.54) is 23.5 Å². The summed E-state index contributed by atoms with van der Waals surface area (Å²) in [5.41, 5.74) is 1.36. The lowest BCUT2D eigenvalue weighted by molar-refractivity contribution is -0.115. The molecular formula is C15H11ClFN3O2S. The molecule has 1 amide bonds. The van der Waals surface area contributed by atoms with Crippen LogP contribution in [0.5, 0.6) is 0 Å². The van der Waals surface area contributed by atoms with Crippen molar-refractivity contribution < 1.29 is 13.6 Å². The molecule has 0 atom stereocenters. The van der Waals surface area contributed by atoms with Gasteiger partial charge in [0.15, 0.2) is 0 Å². The van der Waals surface area contributed by atoms with Crippen LogP contribution in [0.2, 0.25) is 5.02 Å². The smallest absolute Gasteiger partial charge is 0.258 e. The summed E-state index contributed by atoms with van der Waals surface area (Å²) in [7, 11) is 0. The lowest BCUT2D eigenvalue weighted by Gasteiger charge is -2.05.